The molecule has 20 heavy (non-hydrogen) atoms. The lowest BCUT2D eigenvalue weighted by Crippen LogP contribution is -2.12. The van der Waals surface area contributed by atoms with Crippen molar-refractivity contribution < 1.29 is 13.2 Å². The fourth-order valence-electron chi connectivity index (χ4n) is 1.60. The first-order valence-corrected chi connectivity index (χ1v) is 8.00. The number of sulfonamides is 1. The van der Waals surface area contributed by atoms with E-state index in [-0.39, 0.29) is 17.3 Å². The number of hydrogen-bond donors (Lipinski definition) is 2. The highest BCUT2D eigenvalue weighted by molar-refractivity contribution is 9.10. The number of benzene rings is 2. The number of anilines is 1. The predicted octanol–water partition coefficient (Wildman–Crippen LogP) is 2.26. The van der Waals surface area contributed by atoms with Crippen molar-refractivity contribution in [2.45, 2.75) is 11.5 Å². The molecule has 7 heteroatoms. The van der Waals surface area contributed by atoms with Crippen LogP contribution in [0, 0.1) is 0 Å². The Morgan fingerprint density at radius 2 is 1.90 bits per heavy atom. The summed E-state index contributed by atoms with van der Waals surface area (Å²) < 4.78 is 29.1. The standard InChI is InChI=1S/C13H13BrN2O3S/c14-10-3-1-2-9(6-10)8-19-13-7-11(20(16,17)18)4-5-12(13)15/h1-7H,8,15H2,(H2,16,17,18). The van der Waals surface area contributed by atoms with Crippen LogP contribution < -0.4 is 15.6 Å². The van der Waals surface area contributed by atoms with Gasteiger partial charge in [0.2, 0.25) is 10.0 Å². The van der Waals surface area contributed by atoms with Gasteiger partial charge < -0.3 is 10.5 Å². The van der Waals surface area contributed by atoms with Crippen molar-refractivity contribution in [3.05, 3.63) is 52.5 Å². The molecule has 5 nitrogen and oxygen atoms in total. The van der Waals surface area contributed by atoms with Crippen LogP contribution >= 0.6 is 15.9 Å². The van der Waals surface area contributed by atoms with E-state index in [9.17, 15) is 8.42 Å². The molecule has 2 aromatic carbocycles. The Labute approximate surface area is 125 Å². The van der Waals surface area contributed by atoms with Crippen LogP contribution in [0.2, 0.25) is 0 Å². The molecule has 0 heterocycles. The molecule has 0 radical (unpaired) electrons. The normalized spacial score (nSPS) is 11.3. The Morgan fingerprint density at radius 3 is 2.55 bits per heavy atom. The monoisotopic (exact) mass is 356 g/mol. The minimum Gasteiger partial charge on any atom is -0.487 e. The van der Waals surface area contributed by atoms with Crippen LogP contribution in [0.4, 0.5) is 5.69 Å². The molecule has 0 atom stereocenters. The Kier molecular flexibility index (Phi) is 4.32. The molecule has 0 saturated carbocycles. The second-order valence-electron chi connectivity index (χ2n) is 4.16. The molecule has 0 saturated heterocycles. The molecule has 0 amide bonds. The number of nitrogens with two attached hydrogens (primary N) is 2. The molecule has 0 aliphatic carbocycles. The van der Waals surface area contributed by atoms with E-state index in [0.717, 1.165) is 10.0 Å². The zero-order chi connectivity index (χ0) is 14.8. The van der Waals surface area contributed by atoms with Crippen LogP contribution in [0.3, 0.4) is 0 Å². The topological polar surface area (TPSA) is 95.4 Å². The van der Waals surface area contributed by atoms with Crippen molar-refractivity contribution in [1.29, 1.82) is 0 Å². The van der Waals surface area contributed by atoms with E-state index in [1.165, 1.54) is 18.2 Å². The summed E-state index contributed by atoms with van der Waals surface area (Å²) in [7, 11) is -3.77. The summed E-state index contributed by atoms with van der Waals surface area (Å²) in [5, 5.41) is 5.07. The van der Waals surface area contributed by atoms with E-state index < -0.39 is 10.0 Å². The van der Waals surface area contributed by atoms with E-state index in [0.29, 0.717) is 5.69 Å². The van der Waals surface area contributed by atoms with Gasteiger partial charge >= 0.3 is 0 Å². The lowest BCUT2D eigenvalue weighted by molar-refractivity contribution is 0.307. The summed E-state index contributed by atoms with van der Waals surface area (Å²) in [5.41, 5.74) is 7.04. The first kappa shape index (κ1) is 14.8. The Morgan fingerprint density at radius 1 is 1.15 bits per heavy atom. The lowest BCUT2D eigenvalue weighted by atomic mass is 10.2. The highest BCUT2D eigenvalue weighted by Crippen LogP contribution is 2.25. The third-order valence-electron chi connectivity index (χ3n) is 2.60. The van der Waals surface area contributed by atoms with E-state index in [1.54, 1.807) is 0 Å². The maximum Gasteiger partial charge on any atom is 0.238 e. The minimum atomic E-state index is -3.77. The molecule has 2 aromatic rings. The molecular formula is C13H13BrN2O3S. The van der Waals surface area contributed by atoms with Gasteiger partial charge in [-0.1, -0.05) is 28.1 Å². The molecule has 0 aliphatic rings. The summed E-state index contributed by atoms with van der Waals surface area (Å²) in [4.78, 5) is -0.0315. The molecule has 0 aliphatic heterocycles. The zero-order valence-corrected chi connectivity index (χ0v) is 12.8. The van der Waals surface area contributed by atoms with Crippen LogP contribution in [0.5, 0.6) is 5.75 Å². The van der Waals surface area contributed by atoms with Gasteiger partial charge in [0.15, 0.2) is 0 Å². The Balaban J connectivity index is 2.21. The molecular weight excluding hydrogens is 344 g/mol. The number of nitrogen functional groups attached to an aromatic ring is 1. The minimum absolute atomic E-state index is 0.0315. The van der Waals surface area contributed by atoms with Crippen molar-refractivity contribution in [3.8, 4) is 5.75 Å². The summed E-state index contributed by atoms with van der Waals surface area (Å²) in [6, 6.07) is 11.7. The lowest BCUT2D eigenvalue weighted by Gasteiger charge is -2.10. The Bertz CT molecular complexity index is 732. The Hall–Kier alpha value is -1.57. The first-order valence-electron chi connectivity index (χ1n) is 5.66. The quantitative estimate of drug-likeness (QED) is 0.821. The van der Waals surface area contributed by atoms with Gasteiger partial charge in [-0.2, -0.15) is 0 Å². The van der Waals surface area contributed by atoms with Gasteiger partial charge in [0.05, 0.1) is 10.6 Å². The average molecular weight is 357 g/mol. The van der Waals surface area contributed by atoms with Crippen LogP contribution in [0.25, 0.3) is 0 Å². The molecule has 0 unspecified atom stereocenters. The number of rotatable bonds is 4. The van der Waals surface area contributed by atoms with E-state index in [4.69, 9.17) is 15.6 Å². The molecule has 2 rings (SSSR count). The predicted molar refractivity (Wildman–Crippen MR) is 80.7 cm³/mol. The summed E-state index contributed by atoms with van der Waals surface area (Å²) in [6.07, 6.45) is 0. The first-order chi connectivity index (χ1) is 9.36. The van der Waals surface area contributed by atoms with Crippen LogP contribution in [0.1, 0.15) is 5.56 Å². The highest BCUT2D eigenvalue weighted by Gasteiger charge is 2.11. The maximum absolute atomic E-state index is 11.3. The molecule has 106 valence electrons. The molecule has 4 N–H and O–H groups in total. The molecule has 0 bridgehead atoms. The van der Waals surface area contributed by atoms with Crippen LogP contribution in [0.15, 0.2) is 51.8 Å². The molecule has 0 fully saturated rings. The molecule has 0 spiro atoms. The fourth-order valence-corrected chi connectivity index (χ4v) is 2.58. The fraction of sp³-hybridized carbons (Fsp3) is 0.0769. The largest absolute Gasteiger partial charge is 0.487 e. The molecule has 0 aromatic heterocycles. The summed E-state index contributed by atoms with van der Waals surface area (Å²) in [6.45, 7) is 0.276. The second-order valence-corrected chi connectivity index (χ2v) is 6.64. The van der Waals surface area contributed by atoms with Crippen LogP contribution in [-0.4, -0.2) is 8.42 Å². The maximum atomic E-state index is 11.3. The number of hydrogen-bond acceptors (Lipinski definition) is 4. The van der Waals surface area contributed by atoms with E-state index in [1.807, 2.05) is 24.3 Å². The third-order valence-corrected chi connectivity index (χ3v) is 4.00. The zero-order valence-electron chi connectivity index (χ0n) is 10.4. The summed E-state index contributed by atoms with van der Waals surface area (Å²) >= 11 is 3.36. The third kappa shape index (κ3) is 3.72. The number of primary sulfonamides is 1. The van der Waals surface area contributed by atoms with Gasteiger partial charge in [-0.3, -0.25) is 0 Å². The second kappa shape index (κ2) is 5.82. The summed E-state index contributed by atoms with van der Waals surface area (Å²) in [5.74, 6) is 0.288. The van der Waals surface area contributed by atoms with Crippen molar-refractivity contribution >= 4 is 31.6 Å². The van der Waals surface area contributed by atoms with Gasteiger partial charge in [0.1, 0.15) is 12.4 Å². The number of halogens is 1. The van der Waals surface area contributed by atoms with Gasteiger partial charge in [-0.15, -0.1) is 0 Å². The van der Waals surface area contributed by atoms with Crippen molar-refractivity contribution in [2.24, 2.45) is 5.14 Å². The van der Waals surface area contributed by atoms with E-state index in [2.05, 4.69) is 15.9 Å². The van der Waals surface area contributed by atoms with Gasteiger partial charge in [-0.25, -0.2) is 13.6 Å². The van der Waals surface area contributed by atoms with Gasteiger partial charge in [0.25, 0.3) is 0 Å². The van der Waals surface area contributed by atoms with Gasteiger partial charge in [0, 0.05) is 10.5 Å². The highest BCUT2D eigenvalue weighted by atomic mass is 79.9. The van der Waals surface area contributed by atoms with Gasteiger partial charge in [-0.05, 0) is 29.8 Å². The average Bonchev–Trinajstić information content (AvgIpc) is 2.36. The van der Waals surface area contributed by atoms with E-state index >= 15 is 0 Å². The van der Waals surface area contributed by atoms with Crippen LogP contribution in [-0.2, 0) is 16.6 Å². The van der Waals surface area contributed by atoms with Crippen molar-refractivity contribution in [2.75, 3.05) is 5.73 Å². The smallest absolute Gasteiger partial charge is 0.238 e. The SMILES string of the molecule is Nc1ccc(S(N)(=O)=O)cc1OCc1cccc(Br)c1. The number of ether oxygens (including phenoxy) is 1. The van der Waals surface area contributed by atoms with Crippen molar-refractivity contribution in [1.82, 2.24) is 0 Å². The van der Waals surface area contributed by atoms with Crippen molar-refractivity contribution in [3.63, 3.8) is 0 Å².